The summed E-state index contributed by atoms with van der Waals surface area (Å²) >= 11 is 9.26. The predicted octanol–water partition coefficient (Wildman–Crippen LogP) is 5.90. The molecule has 0 aromatic heterocycles. The van der Waals surface area contributed by atoms with E-state index in [9.17, 15) is 0 Å². The molecule has 0 atom stereocenters. The zero-order chi connectivity index (χ0) is 12.4. The standard InChI is InChI=1S/C12H6I4O/c13-9-3-1-7(5-11(9)15)17-8-2-4-10(14)12(16)6-8/h1-6H. The Kier molecular flexibility index (Phi) is 5.61. The van der Waals surface area contributed by atoms with Crippen LogP contribution in [0.1, 0.15) is 0 Å². The van der Waals surface area contributed by atoms with Crippen LogP contribution < -0.4 is 4.74 Å². The molecule has 5 heteroatoms. The summed E-state index contributed by atoms with van der Waals surface area (Å²) in [5, 5.41) is 0. The van der Waals surface area contributed by atoms with Crippen LogP contribution in [0.5, 0.6) is 11.5 Å². The van der Waals surface area contributed by atoms with Crippen LogP contribution in [0.25, 0.3) is 0 Å². The van der Waals surface area contributed by atoms with Crippen LogP contribution in [0.3, 0.4) is 0 Å². The minimum Gasteiger partial charge on any atom is -0.457 e. The fraction of sp³-hybridized carbons (Fsp3) is 0. The zero-order valence-electron chi connectivity index (χ0n) is 8.38. The molecule has 88 valence electrons. The second kappa shape index (κ2) is 6.55. The first-order valence-electron chi connectivity index (χ1n) is 4.64. The Hall–Kier alpha value is 1.16. The Bertz CT molecular complexity index is 505. The monoisotopic (exact) mass is 674 g/mol. The van der Waals surface area contributed by atoms with Crippen LogP contribution in [0, 0.1) is 14.3 Å². The highest BCUT2D eigenvalue weighted by molar-refractivity contribution is 14.1. The molecule has 17 heavy (non-hydrogen) atoms. The second-order valence-corrected chi connectivity index (χ2v) is 7.90. The maximum absolute atomic E-state index is 5.83. The van der Waals surface area contributed by atoms with Crippen molar-refractivity contribution in [3.05, 3.63) is 50.7 Å². The molecular formula is C12H6I4O. The summed E-state index contributed by atoms with van der Waals surface area (Å²) in [6.45, 7) is 0. The lowest BCUT2D eigenvalue weighted by Gasteiger charge is -2.08. The van der Waals surface area contributed by atoms with Crippen LogP contribution >= 0.6 is 90.4 Å². The van der Waals surface area contributed by atoms with E-state index in [1.54, 1.807) is 0 Å². The average Bonchev–Trinajstić information content (AvgIpc) is 2.29. The normalized spacial score (nSPS) is 10.4. The SMILES string of the molecule is Ic1ccc(Oc2ccc(I)c(I)c2)cc1I. The molecule has 0 N–H and O–H groups in total. The van der Waals surface area contributed by atoms with E-state index >= 15 is 0 Å². The van der Waals surface area contributed by atoms with Gasteiger partial charge in [-0.15, -0.1) is 0 Å². The van der Waals surface area contributed by atoms with Crippen LogP contribution in [0.15, 0.2) is 36.4 Å². The third-order valence-electron chi connectivity index (χ3n) is 2.02. The summed E-state index contributed by atoms with van der Waals surface area (Å²) in [6.07, 6.45) is 0. The quantitative estimate of drug-likeness (QED) is 0.361. The Morgan fingerprint density at radius 3 is 1.35 bits per heavy atom. The van der Waals surface area contributed by atoms with Crippen LogP contribution in [-0.4, -0.2) is 0 Å². The summed E-state index contributed by atoms with van der Waals surface area (Å²) in [7, 11) is 0. The third-order valence-corrected chi connectivity index (χ3v) is 7.75. The molecule has 0 aliphatic carbocycles. The van der Waals surface area contributed by atoms with E-state index in [2.05, 4.69) is 102 Å². The molecule has 0 amide bonds. The first-order valence-corrected chi connectivity index (χ1v) is 8.96. The molecule has 2 aromatic carbocycles. The van der Waals surface area contributed by atoms with Crippen LogP contribution in [0.4, 0.5) is 0 Å². The van der Waals surface area contributed by atoms with E-state index in [4.69, 9.17) is 4.74 Å². The zero-order valence-corrected chi connectivity index (χ0v) is 17.0. The lowest BCUT2D eigenvalue weighted by atomic mass is 10.3. The third kappa shape index (κ3) is 4.06. The molecule has 0 fully saturated rings. The average molecular weight is 674 g/mol. The number of hydrogen-bond donors (Lipinski definition) is 0. The van der Waals surface area contributed by atoms with Crippen molar-refractivity contribution >= 4 is 90.4 Å². The number of benzene rings is 2. The molecule has 2 aromatic rings. The van der Waals surface area contributed by atoms with Crippen molar-refractivity contribution in [3.8, 4) is 11.5 Å². The topological polar surface area (TPSA) is 9.23 Å². The van der Waals surface area contributed by atoms with Gasteiger partial charge in [-0.2, -0.15) is 0 Å². The van der Waals surface area contributed by atoms with Crippen molar-refractivity contribution in [1.29, 1.82) is 0 Å². The first-order chi connectivity index (χ1) is 8.06. The number of rotatable bonds is 2. The highest BCUT2D eigenvalue weighted by Crippen LogP contribution is 2.28. The minimum atomic E-state index is 0.881. The van der Waals surface area contributed by atoms with Crippen molar-refractivity contribution in [2.45, 2.75) is 0 Å². The molecule has 0 heterocycles. The maximum Gasteiger partial charge on any atom is 0.128 e. The second-order valence-electron chi connectivity index (χ2n) is 3.25. The Balaban J connectivity index is 2.25. The maximum atomic E-state index is 5.83. The Morgan fingerprint density at radius 2 is 1.00 bits per heavy atom. The van der Waals surface area contributed by atoms with Gasteiger partial charge in [-0.3, -0.25) is 0 Å². The van der Waals surface area contributed by atoms with Crippen LogP contribution in [-0.2, 0) is 0 Å². The van der Waals surface area contributed by atoms with Gasteiger partial charge in [-0.25, -0.2) is 0 Å². The van der Waals surface area contributed by atoms with Gasteiger partial charge in [-0.1, -0.05) is 0 Å². The van der Waals surface area contributed by atoms with Gasteiger partial charge in [0.15, 0.2) is 0 Å². The van der Waals surface area contributed by atoms with Gasteiger partial charge in [-0.05, 0) is 127 Å². The fourth-order valence-corrected chi connectivity index (χ4v) is 2.86. The van der Waals surface area contributed by atoms with Crippen molar-refractivity contribution in [2.75, 3.05) is 0 Å². The molecule has 0 aliphatic rings. The van der Waals surface area contributed by atoms with Gasteiger partial charge in [0.05, 0.1) is 0 Å². The molecule has 0 saturated carbocycles. The Labute approximate surface area is 155 Å². The lowest BCUT2D eigenvalue weighted by molar-refractivity contribution is 0.481. The summed E-state index contributed by atoms with van der Waals surface area (Å²) in [6, 6.07) is 12.2. The van der Waals surface area contributed by atoms with Gasteiger partial charge in [0.1, 0.15) is 11.5 Å². The fourth-order valence-electron chi connectivity index (χ4n) is 1.22. The molecular weight excluding hydrogens is 668 g/mol. The summed E-state index contributed by atoms with van der Waals surface area (Å²) in [5.74, 6) is 1.76. The Morgan fingerprint density at radius 1 is 0.588 bits per heavy atom. The number of hydrogen-bond acceptors (Lipinski definition) is 1. The summed E-state index contributed by atoms with van der Waals surface area (Å²) in [4.78, 5) is 0. The van der Waals surface area contributed by atoms with E-state index in [0.29, 0.717) is 0 Å². The molecule has 2 rings (SSSR count). The van der Waals surface area contributed by atoms with Crippen molar-refractivity contribution in [2.24, 2.45) is 0 Å². The number of halogens is 4. The molecule has 0 aliphatic heterocycles. The van der Waals surface area contributed by atoms with Gasteiger partial charge in [0.25, 0.3) is 0 Å². The number of ether oxygens (including phenoxy) is 1. The molecule has 0 unspecified atom stereocenters. The van der Waals surface area contributed by atoms with E-state index in [1.807, 2.05) is 24.3 Å². The molecule has 1 nitrogen and oxygen atoms in total. The molecule has 0 radical (unpaired) electrons. The largest absolute Gasteiger partial charge is 0.457 e. The van der Waals surface area contributed by atoms with E-state index in [1.165, 1.54) is 14.3 Å². The molecule has 0 spiro atoms. The smallest absolute Gasteiger partial charge is 0.128 e. The predicted molar refractivity (Wildman–Crippen MR) is 104 cm³/mol. The lowest BCUT2D eigenvalue weighted by Crippen LogP contribution is -1.88. The van der Waals surface area contributed by atoms with E-state index in [0.717, 1.165) is 11.5 Å². The van der Waals surface area contributed by atoms with Crippen molar-refractivity contribution in [1.82, 2.24) is 0 Å². The van der Waals surface area contributed by atoms with Gasteiger partial charge >= 0.3 is 0 Å². The summed E-state index contributed by atoms with van der Waals surface area (Å²) in [5.41, 5.74) is 0. The van der Waals surface area contributed by atoms with Crippen molar-refractivity contribution < 1.29 is 4.74 Å². The highest BCUT2D eigenvalue weighted by atomic mass is 127. The van der Waals surface area contributed by atoms with Gasteiger partial charge in [0, 0.05) is 14.3 Å². The van der Waals surface area contributed by atoms with E-state index < -0.39 is 0 Å². The van der Waals surface area contributed by atoms with Crippen molar-refractivity contribution in [3.63, 3.8) is 0 Å². The van der Waals surface area contributed by atoms with Gasteiger partial charge in [0.2, 0.25) is 0 Å². The van der Waals surface area contributed by atoms with Gasteiger partial charge < -0.3 is 4.74 Å². The molecule has 0 bridgehead atoms. The highest BCUT2D eigenvalue weighted by Gasteiger charge is 2.03. The molecule has 0 saturated heterocycles. The minimum absolute atomic E-state index is 0.881. The first kappa shape index (κ1) is 14.6. The summed E-state index contributed by atoms with van der Waals surface area (Å²) < 4.78 is 10.7. The van der Waals surface area contributed by atoms with Crippen LogP contribution in [0.2, 0.25) is 0 Å². The van der Waals surface area contributed by atoms with E-state index in [-0.39, 0.29) is 0 Å².